The Morgan fingerprint density at radius 3 is 2.08 bits per heavy atom. The van der Waals surface area contributed by atoms with Gasteiger partial charge in [-0.05, 0) is 58.7 Å². The molecule has 0 saturated carbocycles. The standard InChI is InChI=1S/C43H51F3N8O6Si/c1-22(2)34(51-41(57)59-5)39(55)53-20-43(45,46)17-32(53)38-48-30-14-11-26-15-24(9-12-27(26)36(30)50-38)25-10-13-28(29(44)16-25)31-18-47-37(49-31)33-19-61(7,8)21-54(33)40(56)35(23(3)4)52-42(58)60-6/h9-16,18,22-23,32-35H,17,19-21H2,1-8H3,(H,47,49)(H,48,50)(H,51,57)(H,52,58)/t32-,33-,34-,35-/m0/s1. The normalized spacial score (nSPS) is 19.4. The van der Waals surface area contributed by atoms with Gasteiger partial charge in [0, 0.05) is 23.5 Å². The van der Waals surface area contributed by atoms with Crippen molar-refractivity contribution >= 4 is 53.9 Å². The van der Waals surface area contributed by atoms with Crippen molar-refractivity contribution in [2.24, 2.45) is 11.8 Å². The third-order valence-electron chi connectivity index (χ3n) is 11.6. The van der Waals surface area contributed by atoms with Crippen molar-refractivity contribution in [2.45, 2.75) is 83.3 Å². The van der Waals surface area contributed by atoms with E-state index in [4.69, 9.17) is 9.72 Å². The number of nitrogens with one attached hydrogen (secondary N) is 4. The smallest absolute Gasteiger partial charge is 0.407 e. The number of rotatable bonds is 10. The number of carbonyl (C=O) groups excluding carboxylic acids is 4. The van der Waals surface area contributed by atoms with E-state index in [2.05, 4.69) is 43.4 Å². The van der Waals surface area contributed by atoms with Crippen molar-refractivity contribution < 1.29 is 41.8 Å². The van der Waals surface area contributed by atoms with Crippen LogP contribution in [-0.2, 0) is 19.1 Å². The number of fused-ring (bicyclic) bond motifs is 3. The molecule has 3 aromatic carbocycles. The van der Waals surface area contributed by atoms with Crippen LogP contribution in [0, 0.1) is 17.7 Å². The lowest BCUT2D eigenvalue weighted by Crippen LogP contribution is -2.52. The Hall–Kier alpha value is -5.91. The molecule has 61 heavy (non-hydrogen) atoms. The summed E-state index contributed by atoms with van der Waals surface area (Å²) in [6.07, 6.45) is -0.0123. The van der Waals surface area contributed by atoms with Gasteiger partial charge in [-0.25, -0.2) is 32.7 Å². The maximum atomic E-state index is 16.0. The lowest BCUT2D eigenvalue weighted by atomic mass is 9.99. The second-order valence-corrected chi connectivity index (χ2v) is 22.6. The number of amides is 4. The highest BCUT2D eigenvalue weighted by molar-refractivity contribution is 6.78. The van der Waals surface area contributed by atoms with E-state index >= 15 is 4.39 Å². The van der Waals surface area contributed by atoms with Crippen LogP contribution in [0.4, 0.5) is 22.8 Å². The molecule has 0 bridgehead atoms. The summed E-state index contributed by atoms with van der Waals surface area (Å²) in [5.41, 5.74) is 3.23. The monoisotopic (exact) mass is 860 g/mol. The molecule has 0 spiro atoms. The predicted octanol–water partition coefficient (Wildman–Crippen LogP) is 7.71. The third-order valence-corrected chi connectivity index (χ3v) is 14.3. The minimum atomic E-state index is -3.17. The quantitative estimate of drug-likeness (QED) is 0.103. The Balaban J connectivity index is 1.13. The fourth-order valence-corrected chi connectivity index (χ4v) is 11.4. The molecule has 4 atom stereocenters. The van der Waals surface area contributed by atoms with Crippen molar-refractivity contribution in [3.8, 4) is 22.4 Å². The van der Waals surface area contributed by atoms with E-state index in [0.717, 1.165) is 34.4 Å². The molecule has 2 fully saturated rings. The van der Waals surface area contributed by atoms with Gasteiger partial charge in [-0.1, -0.05) is 65.1 Å². The third kappa shape index (κ3) is 8.67. The maximum Gasteiger partial charge on any atom is 0.407 e. The summed E-state index contributed by atoms with van der Waals surface area (Å²) in [6, 6.07) is 11.6. The molecule has 4 N–H and O–H groups in total. The molecule has 7 rings (SSSR count). The van der Waals surface area contributed by atoms with Crippen LogP contribution in [0.1, 0.15) is 57.8 Å². The van der Waals surface area contributed by atoms with Gasteiger partial charge in [-0.3, -0.25) is 9.59 Å². The zero-order chi connectivity index (χ0) is 44.1. The molecule has 2 saturated heterocycles. The molecule has 4 heterocycles. The second-order valence-electron chi connectivity index (χ2n) is 17.5. The van der Waals surface area contributed by atoms with Gasteiger partial charge in [-0.2, -0.15) is 0 Å². The first kappa shape index (κ1) is 43.2. The largest absolute Gasteiger partial charge is 0.453 e. The molecule has 0 unspecified atom stereocenters. The molecule has 0 radical (unpaired) electrons. The number of alkyl carbamates (subject to hydrolysis) is 2. The van der Waals surface area contributed by atoms with Gasteiger partial charge in [-0.15, -0.1) is 0 Å². The molecule has 2 aliphatic heterocycles. The summed E-state index contributed by atoms with van der Waals surface area (Å²) < 4.78 is 55.4. The van der Waals surface area contributed by atoms with Gasteiger partial charge in [0.15, 0.2) is 0 Å². The summed E-state index contributed by atoms with van der Waals surface area (Å²) in [5.74, 6) is -4.38. The fraction of sp³-hybridized carbons (Fsp3) is 0.442. The van der Waals surface area contributed by atoms with Crippen LogP contribution in [-0.4, -0.2) is 107 Å². The Labute approximate surface area is 352 Å². The van der Waals surface area contributed by atoms with Crippen molar-refractivity contribution in [3.05, 3.63) is 72.2 Å². The number of H-pyrrole nitrogens is 2. The fourth-order valence-electron chi connectivity index (χ4n) is 8.51. The van der Waals surface area contributed by atoms with E-state index in [9.17, 15) is 28.0 Å². The summed E-state index contributed by atoms with van der Waals surface area (Å²) in [4.78, 5) is 70.2. The average molecular weight is 861 g/mol. The molecule has 5 aromatic rings. The highest BCUT2D eigenvalue weighted by Gasteiger charge is 2.50. The maximum absolute atomic E-state index is 16.0. The van der Waals surface area contributed by atoms with E-state index in [1.54, 1.807) is 37.1 Å². The first-order chi connectivity index (χ1) is 28.8. The Morgan fingerprint density at radius 2 is 1.46 bits per heavy atom. The molecular weight excluding hydrogens is 810 g/mol. The molecule has 2 aliphatic rings. The van der Waals surface area contributed by atoms with Crippen LogP contribution in [0.2, 0.25) is 19.1 Å². The number of nitrogens with zero attached hydrogens (tertiary/aromatic N) is 4. The number of hydrogen-bond acceptors (Lipinski definition) is 8. The number of imidazole rings is 2. The van der Waals surface area contributed by atoms with Crippen molar-refractivity contribution in [1.82, 2.24) is 40.4 Å². The second kappa shape index (κ2) is 16.5. The summed E-state index contributed by atoms with van der Waals surface area (Å²) in [5, 5.41) is 6.66. The van der Waals surface area contributed by atoms with E-state index in [1.807, 2.05) is 44.2 Å². The summed E-state index contributed by atoms with van der Waals surface area (Å²) >= 11 is 0. The van der Waals surface area contributed by atoms with Crippen LogP contribution in [0.3, 0.4) is 0 Å². The van der Waals surface area contributed by atoms with Gasteiger partial charge in [0.1, 0.15) is 29.5 Å². The van der Waals surface area contributed by atoms with Crippen LogP contribution in [0.25, 0.3) is 44.2 Å². The summed E-state index contributed by atoms with van der Waals surface area (Å²) in [6.45, 7) is 10.7. The Bertz CT molecular complexity index is 2510. The van der Waals surface area contributed by atoms with Crippen molar-refractivity contribution in [1.29, 1.82) is 0 Å². The zero-order valence-corrected chi connectivity index (χ0v) is 36.4. The van der Waals surface area contributed by atoms with Gasteiger partial charge >= 0.3 is 12.2 Å². The molecule has 2 aromatic heterocycles. The molecular formula is C43H51F3N8O6Si. The van der Waals surface area contributed by atoms with E-state index < -0.39 is 74.9 Å². The number of aromatic nitrogens is 4. The van der Waals surface area contributed by atoms with Crippen LogP contribution >= 0.6 is 0 Å². The highest BCUT2D eigenvalue weighted by atomic mass is 28.3. The molecule has 324 valence electrons. The lowest BCUT2D eigenvalue weighted by molar-refractivity contribution is -0.137. The topological polar surface area (TPSA) is 175 Å². The van der Waals surface area contributed by atoms with Gasteiger partial charge in [0.2, 0.25) is 11.8 Å². The van der Waals surface area contributed by atoms with Crippen molar-refractivity contribution in [3.63, 3.8) is 0 Å². The van der Waals surface area contributed by atoms with Crippen LogP contribution in [0.15, 0.2) is 54.7 Å². The Morgan fingerprint density at radius 1 is 0.836 bits per heavy atom. The minimum absolute atomic E-state index is 0.188. The number of halogens is 3. The number of aromatic amines is 2. The number of carbonyl (C=O) groups is 4. The van der Waals surface area contributed by atoms with Gasteiger partial charge in [0.25, 0.3) is 5.92 Å². The van der Waals surface area contributed by atoms with Crippen LogP contribution in [0.5, 0.6) is 0 Å². The Kier molecular flexibility index (Phi) is 11.7. The average Bonchev–Trinajstić information content (AvgIpc) is 4.01. The number of ether oxygens (including phenoxy) is 2. The van der Waals surface area contributed by atoms with E-state index in [1.165, 1.54) is 13.2 Å². The number of methoxy groups -OCH3 is 2. The molecule has 4 amide bonds. The van der Waals surface area contributed by atoms with Gasteiger partial charge < -0.3 is 39.9 Å². The van der Waals surface area contributed by atoms with Crippen LogP contribution < -0.4 is 10.6 Å². The zero-order valence-electron chi connectivity index (χ0n) is 35.4. The SMILES string of the molecule is COC(=O)N[C@H](C(=O)N1C[Si](C)(C)C[C@H]1c1ncc(-c2ccc(-c3ccc4c(ccc5[nH]c([C@@H]6CC(F)(F)CN6C(=O)[C@@H](NC(=O)OC)C(C)C)nc54)c3)cc2F)[nH]1)C(C)C. The van der Waals surface area contributed by atoms with Crippen molar-refractivity contribution in [2.75, 3.05) is 26.9 Å². The first-order valence-electron chi connectivity index (χ1n) is 20.2. The predicted molar refractivity (Wildman–Crippen MR) is 226 cm³/mol. The molecule has 14 nitrogen and oxygen atoms in total. The molecule has 0 aliphatic carbocycles. The minimum Gasteiger partial charge on any atom is -0.453 e. The first-order valence-corrected chi connectivity index (χ1v) is 23.7. The number of alkyl halides is 2. The molecule has 18 heteroatoms. The van der Waals surface area contributed by atoms with Gasteiger partial charge in [0.05, 0.1) is 63.8 Å². The van der Waals surface area contributed by atoms with E-state index in [0.29, 0.717) is 39.8 Å². The highest BCUT2D eigenvalue weighted by Crippen LogP contribution is 2.42. The lowest BCUT2D eigenvalue weighted by Gasteiger charge is -2.30. The number of benzene rings is 3. The van der Waals surface area contributed by atoms with E-state index in [-0.39, 0.29) is 23.7 Å². The summed E-state index contributed by atoms with van der Waals surface area (Å²) in [7, 11) is 0.548. The number of likely N-dealkylation sites (tertiary alicyclic amines) is 1. The number of hydrogen-bond donors (Lipinski definition) is 4.